The predicted molar refractivity (Wildman–Crippen MR) is 88.3 cm³/mol. The van der Waals surface area contributed by atoms with E-state index in [0.29, 0.717) is 24.1 Å². The van der Waals surface area contributed by atoms with Crippen molar-refractivity contribution >= 4 is 27.2 Å². The summed E-state index contributed by atoms with van der Waals surface area (Å²) in [5.41, 5.74) is -0.128. The van der Waals surface area contributed by atoms with Crippen molar-refractivity contribution in [1.82, 2.24) is 0 Å². The van der Waals surface area contributed by atoms with E-state index in [2.05, 4.69) is 15.7 Å². The SMILES string of the molecule is CS(C)(=O)=NC(=O)c1ccc(NC(=O)C2(C#N)CCCC2)cc1. The van der Waals surface area contributed by atoms with Crippen LogP contribution in [0.15, 0.2) is 28.6 Å². The number of carbonyl (C=O) groups excluding carboxylic acids is 2. The number of rotatable bonds is 3. The molecule has 23 heavy (non-hydrogen) atoms. The maximum absolute atomic E-state index is 12.3. The highest BCUT2D eigenvalue weighted by Crippen LogP contribution is 2.38. The van der Waals surface area contributed by atoms with Crippen LogP contribution < -0.4 is 5.32 Å². The molecule has 0 radical (unpaired) electrons. The Morgan fingerprint density at radius 3 is 2.26 bits per heavy atom. The molecule has 1 aromatic rings. The largest absolute Gasteiger partial charge is 0.325 e. The van der Waals surface area contributed by atoms with Crippen LogP contribution >= 0.6 is 0 Å². The molecule has 1 aliphatic carbocycles. The van der Waals surface area contributed by atoms with Gasteiger partial charge in [0.05, 0.1) is 6.07 Å². The van der Waals surface area contributed by atoms with E-state index in [9.17, 15) is 19.1 Å². The normalized spacial score (nSPS) is 16.4. The minimum atomic E-state index is -2.50. The van der Waals surface area contributed by atoms with Gasteiger partial charge in [-0.15, -0.1) is 0 Å². The molecule has 0 spiro atoms. The molecule has 122 valence electrons. The number of carbonyl (C=O) groups is 2. The van der Waals surface area contributed by atoms with Crippen LogP contribution in [0, 0.1) is 16.7 Å². The average molecular weight is 333 g/mol. The number of amides is 2. The van der Waals surface area contributed by atoms with E-state index >= 15 is 0 Å². The van der Waals surface area contributed by atoms with Crippen molar-refractivity contribution < 1.29 is 13.8 Å². The number of hydrogen-bond acceptors (Lipinski definition) is 4. The lowest BCUT2D eigenvalue weighted by Gasteiger charge is -2.19. The molecule has 1 aromatic carbocycles. The van der Waals surface area contributed by atoms with Gasteiger partial charge in [-0.2, -0.15) is 9.62 Å². The first-order valence-electron chi connectivity index (χ1n) is 7.30. The fourth-order valence-corrected chi connectivity index (χ4v) is 3.07. The van der Waals surface area contributed by atoms with Crippen LogP contribution in [0.2, 0.25) is 0 Å². The third-order valence-electron chi connectivity index (χ3n) is 3.80. The minimum Gasteiger partial charge on any atom is -0.325 e. The van der Waals surface area contributed by atoms with Crippen molar-refractivity contribution in [2.45, 2.75) is 25.7 Å². The molecule has 1 fully saturated rings. The van der Waals surface area contributed by atoms with Crippen molar-refractivity contribution in [1.29, 1.82) is 5.26 Å². The fourth-order valence-electron chi connectivity index (χ4n) is 2.57. The van der Waals surface area contributed by atoms with Gasteiger partial charge < -0.3 is 5.32 Å². The summed E-state index contributed by atoms with van der Waals surface area (Å²) < 4.78 is 15.1. The zero-order chi connectivity index (χ0) is 17.1. The lowest BCUT2D eigenvalue weighted by Crippen LogP contribution is -2.32. The number of hydrogen-bond donors (Lipinski definition) is 1. The molecular weight excluding hydrogens is 314 g/mol. The molecule has 7 heteroatoms. The van der Waals surface area contributed by atoms with Gasteiger partial charge in [0, 0.05) is 33.5 Å². The first-order valence-corrected chi connectivity index (χ1v) is 9.63. The van der Waals surface area contributed by atoms with E-state index < -0.39 is 21.1 Å². The predicted octanol–water partition coefficient (Wildman–Crippen LogP) is 2.58. The molecule has 0 aliphatic heterocycles. The molecule has 2 amide bonds. The quantitative estimate of drug-likeness (QED) is 0.918. The van der Waals surface area contributed by atoms with Crippen LogP contribution in [0.3, 0.4) is 0 Å². The minimum absolute atomic E-state index is 0.300. The Bertz CT molecular complexity index is 770. The van der Waals surface area contributed by atoms with Gasteiger partial charge in [-0.05, 0) is 37.1 Å². The highest BCUT2D eigenvalue weighted by Gasteiger charge is 2.41. The van der Waals surface area contributed by atoms with Gasteiger partial charge in [0.2, 0.25) is 5.91 Å². The number of nitriles is 1. The van der Waals surface area contributed by atoms with Crippen LogP contribution in [0.5, 0.6) is 0 Å². The summed E-state index contributed by atoms with van der Waals surface area (Å²) in [6, 6.07) is 8.32. The molecule has 0 heterocycles. The molecule has 1 aliphatic rings. The number of benzene rings is 1. The molecule has 6 nitrogen and oxygen atoms in total. The first-order chi connectivity index (χ1) is 10.8. The van der Waals surface area contributed by atoms with E-state index in [0.717, 1.165) is 12.8 Å². The van der Waals surface area contributed by atoms with Crippen LogP contribution in [-0.4, -0.2) is 28.5 Å². The molecule has 1 N–H and O–H groups in total. The monoisotopic (exact) mass is 333 g/mol. The summed E-state index contributed by atoms with van der Waals surface area (Å²) in [4.78, 5) is 24.1. The van der Waals surface area contributed by atoms with Crippen molar-refractivity contribution in [2.75, 3.05) is 17.8 Å². The third-order valence-corrected chi connectivity index (χ3v) is 4.40. The Balaban J connectivity index is 2.12. The van der Waals surface area contributed by atoms with Crippen molar-refractivity contribution in [3.8, 4) is 6.07 Å². The second-order valence-electron chi connectivity index (χ2n) is 6.01. The maximum atomic E-state index is 12.3. The molecule has 0 atom stereocenters. The Kier molecular flexibility index (Phi) is 4.85. The zero-order valence-electron chi connectivity index (χ0n) is 13.2. The van der Waals surface area contributed by atoms with Gasteiger partial charge in [-0.25, -0.2) is 4.21 Å². The molecule has 0 unspecified atom stereocenters. The summed E-state index contributed by atoms with van der Waals surface area (Å²) >= 11 is 0. The molecule has 2 rings (SSSR count). The molecule has 0 aromatic heterocycles. The maximum Gasteiger partial charge on any atom is 0.285 e. The summed E-state index contributed by atoms with van der Waals surface area (Å²) in [6.07, 6.45) is 5.69. The smallest absolute Gasteiger partial charge is 0.285 e. The molecular formula is C16H19N3O3S. The molecule has 1 saturated carbocycles. The molecule has 0 bridgehead atoms. The standard InChI is InChI=1S/C16H19N3O3S/c1-23(2,22)19-14(20)12-5-7-13(8-6-12)18-15(21)16(11-17)9-3-4-10-16/h5-8H,3-4,9-10H2,1-2H3,(H,18,21). The van der Waals surface area contributed by atoms with Crippen LogP contribution in [0.25, 0.3) is 0 Å². The van der Waals surface area contributed by atoms with Gasteiger partial charge >= 0.3 is 0 Å². The number of nitrogens with zero attached hydrogens (tertiary/aromatic N) is 2. The first kappa shape index (κ1) is 17.2. The van der Waals surface area contributed by atoms with Crippen molar-refractivity contribution in [2.24, 2.45) is 9.78 Å². The van der Waals surface area contributed by atoms with Crippen LogP contribution in [0.4, 0.5) is 5.69 Å². The van der Waals surface area contributed by atoms with E-state index in [1.165, 1.54) is 24.6 Å². The number of nitrogens with one attached hydrogen (secondary N) is 1. The van der Waals surface area contributed by atoms with Gasteiger partial charge in [0.15, 0.2) is 0 Å². The fraction of sp³-hybridized carbons (Fsp3) is 0.438. The highest BCUT2D eigenvalue weighted by atomic mass is 32.2. The van der Waals surface area contributed by atoms with Gasteiger partial charge in [0.25, 0.3) is 5.91 Å². The summed E-state index contributed by atoms with van der Waals surface area (Å²) in [5.74, 6) is -0.853. The lowest BCUT2D eigenvalue weighted by molar-refractivity contribution is -0.122. The van der Waals surface area contributed by atoms with Crippen LogP contribution in [0.1, 0.15) is 36.0 Å². The Hall–Kier alpha value is -2.20. The summed E-state index contributed by atoms with van der Waals surface area (Å²) in [5, 5.41) is 12.0. The summed E-state index contributed by atoms with van der Waals surface area (Å²) in [7, 11) is -2.50. The van der Waals surface area contributed by atoms with E-state index in [-0.39, 0.29) is 5.91 Å². The van der Waals surface area contributed by atoms with E-state index in [1.807, 2.05) is 0 Å². The van der Waals surface area contributed by atoms with Gasteiger partial charge in [-0.1, -0.05) is 12.8 Å². The lowest BCUT2D eigenvalue weighted by atomic mass is 9.87. The van der Waals surface area contributed by atoms with Crippen molar-refractivity contribution in [3.63, 3.8) is 0 Å². The summed E-state index contributed by atoms with van der Waals surface area (Å²) in [6.45, 7) is 0. The topological polar surface area (TPSA) is 99.4 Å². The second kappa shape index (κ2) is 6.50. The highest BCUT2D eigenvalue weighted by molar-refractivity contribution is 7.92. The van der Waals surface area contributed by atoms with Crippen molar-refractivity contribution in [3.05, 3.63) is 29.8 Å². The van der Waals surface area contributed by atoms with Crippen LogP contribution in [-0.2, 0) is 14.5 Å². The van der Waals surface area contributed by atoms with E-state index in [4.69, 9.17) is 0 Å². The zero-order valence-corrected chi connectivity index (χ0v) is 14.0. The Morgan fingerprint density at radius 2 is 1.78 bits per heavy atom. The Labute approximate surface area is 136 Å². The Morgan fingerprint density at radius 1 is 1.22 bits per heavy atom. The number of anilines is 1. The van der Waals surface area contributed by atoms with Gasteiger partial charge in [0.1, 0.15) is 5.41 Å². The molecule has 0 saturated heterocycles. The third kappa shape index (κ3) is 4.17. The van der Waals surface area contributed by atoms with Gasteiger partial charge in [-0.3, -0.25) is 9.59 Å². The second-order valence-corrected chi connectivity index (χ2v) is 8.56. The average Bonchev–Trinajstić information content (AvgIpc) is 2.96. The van der Waals surface area contributed by atoms with E-state index in [1.54, 1.807) is 12.1 Å².